The second-order valence-electron chi connectivity index (χ2n) is 3.82. The first-order chi connectivity index (χ1) is 8.08. The Morgan fingerprint density at radius 2 is 2.24 bits per heavy atom. The van der Waals surface area contributed by atoms with Crippen LogP contribution in [0.25, 0.3) is 0 Å². The lowest BCUT2D eigenvalue weighted by atomic mass is 10.3. The van der Waals surface area contributed by atoms with Gasteiger partial charge in [-0.3, -0.25) is 9.48 Å². The normalized spacial score (nSPS) is 10.7. The van der Waals surface area contributed by atoms with Gasteiger partial charge < -0.3 is 10.3 Å². The first-order valence-electron chi connectivity index (χ1n) is 5.20. The average molecular weight is 297 g/mol. The number of aryl methyl sites for hydroxylation is 3. The van der Waals surface area contributed by atoms with Crippen LogP contribution in [0.15, 0.2) is 33.9 Å². The summed E-state index contributed by atoms with van der Waals surface area (Å²) in [7, 11) is 1.91. The minimum atomic E-state index is -0.165. The molecule has 0 saturated heterocycles. The molecule has 0 radical (unpaired) electrons. The van der Waals surface area contributed by atoms with Gasteiger partial charge in [0.05, 0.1) is 10.2 Å². The maximum Gasteiger partial charge on any atom is 0.218 e. The molecule has 0 fully saturated rings. The number of pyridine rings is 1. The van der Waals surface area contributed by atoms with Crippen LogP contribution in [0.4, 0.5) is 5.69 Å². The van der Waals surface area contributed by atoms with Gasteiger partial charge in [-0.1, -0.05) is 0 Å². The highest BCUT2D eigenvalue weighted by molar-refractivity contribution is 9.10. The second-order valence-corrected chi connectivity index (χ2v) is 4.68. The van der Waals surface area contributed by atoms with Crippen LogP contribution < -0.4 is 11.2 Å². The van der Waals surface area contributed by atoms with Crippen LogP contribution in [0.2, 0.25) is 0 Å². The fourth-order valence-corrected chi connectivity index (χ4v) is 2.13. The van der Waals surface area contributed by atoms with Crippen LogP contribution >= 0.6 is 15.9 Å². The Kier molecular flexibility index (Phi) is 3.33. The monoisotopic (exact) mass is 296 g/mol. The van der Waals surface area contributed by atoms with Gasteiger partial charge >= 0.3 is 0 Å². The van der Waals surface area contributed by atoms with Crippen LogP contribution in [0, 0.1) is 0 Å². The van der Waals surface area contributed by atoms with Crippen LogP contribution in [-0.2, 0) is 20.0 Å². The molecule has 0 atom stereocenters. The molecule has 0 aliphatic heterocycles. The highest BCUT2D eigenvalue weighted by atomic mass is 79.9. The maximum absolute atomic E-state index is 11.4. The van der Waals surface area contributed by atoms with Gasteiger partial charge in [0.1, 0.15) is 0 Å². The fraction of sp³-hybridized carbons (Fsp3) is 0.273. The molecule has 2 rings (SSSR count). The zero-order valence-electron chi connectivity index (χ0n) is 9.43. The summed E-state index contributed by atoms with van der Waals surface area (Å²) in [6.07, 6.45) is 6.01. The molecule has 0 unspecified atom stereocenters. The fourth-order valence-electron chi connectivity index (χ4n) is 1.64. The van der Waals surface area contributed by atoms with Crippen molar-refractivity contribution in [3.63, 3.8) is 0 Å². The lowest BCUT2D eigenvalue weighted by Crippen LogP contribution is -2.14. The van der Waals surface area contributed by atoms with Gasteiger partial charge in [0.25, 0.3) is 0 Å². The Morgan fingerprint density at radius 3 is 2.82 bits per heavy atom. The van der Waals surface area contributed by atoms with Gasteiger partial charge in [0.15, 0.2) is 0 Å². The smallest absolute Gasteiger partial charge is 0.218 e. The Labute approximate surface area is 107 Å². The van der Waals surface area contributed by atoms with E-state index in [9.17, 15) is 4.79 Å². The van der Waals surface area contributed by atoms with Gasteiger partial charge in [0.2, 0.25) is 5.43 Å². The van der Waals surface area contributed by atoms with Crippen molar-refractivity contribution in [1.29, 1.82) is 0 Å². The summed E-state index contributed by atoms with van der Waals surface area (Å²) < 4.78 is 4.22. The largest absolute Gasteiger partial charge is 0.394 e. The molecule has 0 aliphatic rings. The minimum Gasteiger partial charge on any atom is -0.394 e. The van der Waals surface area contributed by atoms with Crippen molar-refractivity contribution in [1.82, 2.24) is 14.3 Å². The third-order valence-electron chi connectivity index (χ3n) is 2.61. The molecule has 0 aromatic carbocycles. The second kappa shape index (κ2) is 4.75. The highest BCUT2D eigenvalue weighted by Crippen LogP contribution is 2.07. The van der Waals surface area contributed by atoms with Gasteiger partial charge in [0, 0.05) is 44.3 Å². The van der Waals surface area contributed by atoms with Crippen LogP contribution in [0.1, 0.15) is 5.69 Å². The van der Waals surface area contributed by atoms with Crippen molar-refractivity contribution in [2.45, 2.75) is 13.0 Å². The predicted octanol–water partition coefficient (Wildman–Crippen LogP) is 1.17. The molecule has 0 bridgehead atoms. The van der Waals surface area contributed by atoms with E-state index in [-0.39, 0.29) is 11.1 Å². The molecule has 90 valence electrons. The van der Waals surface area contributed by atoms with Crippen molar-refractivity contribution in [3.05, 3.63) is 45.0 Å². The number of nitrogens with zero attached hydrogens (tertiary/aromatic N) is 3. The van der Waals surface area contributed by atoms with Crippen molar-refractivity contribution < 1.29 is 0 Å². The van der Waals surface area contributed by atoms with Crippen molar-refractivity contribution >= 4 is 21.6 Å². The van der Waals surface area contributed by atoms with Crippen molar-refractivity contribution in [2.75, 3.05) is 5.73 Å². The summed E-state index contributed by atoms with van der Waals surface area (Å²) in [6.45, 7) is 0.753. The summed E-state index contributed by atoms with van der Waals surface area (Å²) in [4.78, 5) is 11.4. The van der Waals surface area contributed by atoms with Gasteiger partial charge in [-0.2, -0.15) is 5.10 Å². The first-order valence-corrected chi connectivity index (χ1v) is 5.99. The molecule has 0 saturated carbocycles. The topological polar surface area (TPSA) is 65.8 Å². The van der Waals surface area contributed by atoms with Gasteiger partial charge in [-0.15, -0.1) is 0 Å². The van der Waals surface area contributed by atoms with Crippen LogP contribution in [0.3, 0.4) is 0 Å². The molecule has 5 nitrogen and oxygen atoms in total. The number of hydrogen-bond acceptors (Lipinski definition) is 3. The molecule has 2 aromatic heterocycles. The number of hydrogen-bond donors (Lipinski definition) is 1. The molecule has 0 spiro atoms. The Bertz CT molecular complexity index is 561. The lowest BCUT2D eigenvalue weighted by molar-refractivity contribution is 0.633. The average Bonchev–Trinajstić information content (AvgIpc) is 2.69. The van der Waals surface area contributed by atoms with Crippen LogP contribution in [-0.4, -0.2) is 14.3 Å². The predicted molar refractivity (Wildman–Crippen MR) is 69.7 cm³/mol. The van der Waals surface area contributed by atoms with E-state index < -0.39 is 0 Å². The van der Waals surface area contributed by atoms with Gasteiger partial charge in [-0.25, -0.2) is 0 Å². The summed E-state index contributed by atoms with van der Waals surface area (Å²) in [5, 5.41) is 4.10. The molecular formula is C11H13BrN4O. The molecule has 0 aliphatic carbocycles. The molecule has 0 amide bonds. The van der Waals surface area contributed by atoms with E-state index in [1.165, 1.54) is 0 Å². The summed E-state index contributed by atoms with van der Waals surface area (Å²) >= 11 is 3.20. The zero-order chi connectivity index (χ0) is 12.4. The third kappa shape index (κ3) is 2.58. The van der Waals surface area contributed by atoms with E-state index in [2.05, 4.69) is 21.0 Å². The SMILES string of the molecule is Cn1nccc1CCn1cc(N)c(=O)c(Br)c1. The quantitative estimate of drug-likeness (QED) is 0.925. The van der Waals surface area contributed by atoms with Gasteiger partial charge in [-0.05, 0) is 22.0 Å². The number of halogens is 1. The number of aromatic nitrogens is 3. The molecule has 17 heavy (non-hydrogen) atoms. The first kappa shape index (κ1) is 11.9. The van der Waals surface area contributed by atoms with Crippen molar-refractivity contribution in [2.24, 2.45) is 7.05 Å². The van der Waals surface area contributed by atoms with E-state index in [1.54, 1.807) is 18.6 Å². The summed E-state index contributed by atoms with van der Waals surface area (Å²) in [5.41, 5.74) is 6.85. The molecule has 2 aromatic rings. The van der Waals surface area contributed by atoms with Crippen molar-refractivity contribution in [3.8, 4) is 0 Å². The summed E-state index contributed by atoms with van der Waals surface area (Å²) in [5.74, 6) is 0. The Balaban J connectivity index is 2.15. The van der Waals surface area contributed by atoms with E-state index in [1.807, 2.05) is 22.4 Å². The van der Waals surface area contributed by atoms with E-state index >= 15 is 0 Å². The minimum absolute atomic E-state index is 0.165. The zero-order valence-corrected chi connectivity index (χ0v) is 11.0. The third-order valence-corrected chi connectivity index (χ3v) is 3.18. The Hall–Kier alpha value is -1.56. The van der Waals surface area contributed by atoms with Crippen LogP contribution in [0.5, 0.6) is 0 Å². The number of nitrogens with two attached hydrogens (primary N) is 1. The maximum atomic E-state index is 11.4. The number of anilines is 1. The van der Waals surface area contributed by atoms with E-state index in [0.29, 0.717) is 4.47 Å². The summed E-state index contributed by atoms with van der Waals surface area (Å²) in [6, 6.07) is 1.97. The number of rotatable bonds is 3. The lowest BCUT2D eigenvalue weighted by Gasteiger charge is -2.08. The molecule has 6 heteroatoms. The molecule has 2 heterocycles. The Morgan fingerprint density at radius 1 is 1.47 bits per heavy atom. The number of nitrogen functional groups attached to an aromatic ring is 1. The molecular weight excluding hydrogens is 284 g/mol. The molecule has 2 N–H and O–H groups in total. The standard InChI is InChI=1S/C11H13BrN4O/c1-15-8(2-4-14-15)3-5-16-6-9(12)11(17)10(13)7-16/h2,4,6-7H,3,5,13H2,1H3. The highest BCUT2D eigenvalue weighted by Gasteiger charge is 2.03. The van der Waals surface area contributed by atoms with E-state index in [4.69, 9.17) is 5.73 Å². The van der Waals surface area contributed by atoms with E-state index in [0.717, 1.165) is 18.7 Å².